The molecule has 2 N–H and O–H groups in total. The Balaban J connectivity index is 3.06. The largest absolute Gasteiger partial charge is 0.497 e. The second-order valence-electron chi connectivity index (χ2n) is 3.91. The Morgan fingerprint density at radius 1 is 1.28 bits per heavy atom. The lowest BCUT2D eigenvalue weighted by Gasteiger charge is -2.16. The third-order valence-corrected chi connectivity index (χ3v) is 4.46. The SMILES string of the molecule is CCS(=O)(=O)CC(N)c1cc(OC)ccc1OC. The van der Waals surface area contributed by atoms with E-state index in [2.05, 4.69) is 0 Å². The molecular weight excluding hydrogens is 254 g/mol. The Bertz CT molecular complexity index is 499. The minimum atomic E-state index is -3.13. The van der Waals surface area contributed by atoms with Crippen molar-refractivity contribution in [2.45, 2.75) is 13.0 Å². The fourth-order valence-corrected chi connectivity index (χ4v) is 2.57. The van der Waals surface area contributed by atoms with E-state index in [-0.39, 0.29) is 11.5 Å². The fraction of sp³-hybridized carbons (Fsp3) is 0.500. The minimum Gasteiger partial charge on any atom is -0.497 e. The number of hydrogen-bond donors (Lipinski definition) is 1. The van der Waals surface area contributed by atoms with E-state index in [1.807, 2.05) is 0 Å². The average Bonchev–Trinajstić information content (AvgIpc) is 2.37. The minimum absolute atomic E-state index is 0.0764. The number of ether oxygens (including phenoxy) is 2. The zero-order chi connectivity index (χ0) is 13.8. The molecule has 0 aliphatic heterocycles. The lowest BCUT2D eigenvalue weighted by molar-refractivity contribution is 0.396. The molecule has 0 saturated heterocycles. The molecule has 0 saturated carbocycles. The summed E-state index contributed by atoms with van der Waals surface area (Å²) in [6, 6.07) is 4.53. The predicted molar refractivity (Wildman–Crippen MR) is 70.8 cm³/mol. The lowest BCUT2D eigenvalue weighted by Crippen LogP contribution is -2.23. The summed E-state index contributed by atoms with van der Waals surface area (Å²) in [4.78, 5) is 0. The van der Waals surface area contributed by atoms with Gasteiger partial charge in [0.05, 0.1) is 20.0 Å². The summed E-state index contributed by atoms with van der Waals surface area (Å²) < 4.78 is 33.5. The highest BCUT2D eigenvalue weighted by Crippen LogP contribution is 2.29. The summed E-state index contributed by atoms with van der Waals surface area (Å²) in [6.07, 6.45) is 0. The molecule has 0 aliphatic carbocycles. The van der Waals surface area contributed by atoms with Gasteiger partial charge < -0.3 is 15.2 Å². The molecule has 1 aromatic carbocycles. The van der Waals surface area contributed by atoms with Gasteiger partial charge in [-0.3, -0.25) is 0 Å². The van der Waals surface area contributed by atoms with Gasteiger partial charge >= 0.3 is 0 Å². The van der Waals surface area contributed by atoms with Gasteiger partial charge in [-0.25, -0.2) is 8.42 Å². The molecule has 0 radical (unpaired) electrons. The summed E-state index contributed by atoms with van der Waals surface area (Å²) in [6.45, 7) is 1.60. The molecular formula is C12H19NO4S. The molecule has 0 bridgehead atoms. The quantitative estimate of drug-likeness (QED) is 0.840. The topological polar surface area (TPSA) is 78.6 Å². The standard InChI is InChI=1S/C12H19NO4S/c1-4-18(14,15)8-11(13)10-7-9(16-2)5-6-12(10)17-3/h5-7,11H,4,8,13H2,1-3H3. The highest BCUT2D eigenvalue weighted by Gasteiger charge is 2.19. The molecule has 0 spiro atoms. The molecule has 1 unspecified atom stereocenters. The zero-order valence-electron chi connectivity index (χ0n) is 10.8. The van der Waals surface area contributed by atoms with Crippen LogP contribution in [-0.4, -0.2) is 34.1 Å². The molecule has 0 aromatic heterocycles. The Morgan fingerprint density at radius 3 is 2.44 bits per heavy atom. The number of hydrogen-bond acceptors (Lipinski definition) is 5. The van der Waals surface area contributed by atoms with Gasteiger partial charge in [-0.2, -0.15) is 0 Å². The molecule has 1 rings (SSSR count). The second-order valence-corrected chi connectivity index (χ2v) is 6.31. The van der Waals surface area contributed by atoms with Gasteiger partial charge in [0.25, 0.3) is 0 Å². The van der Waals surface area contributed by atoms with E-state index in [0.717, 1.165) is 0 Å². The number of methoxy groups -OCH3 is 2. The van der Waals surface area contributed by atoms with Gasteiger partial charge in [0.2, 0.25) is 0 Å². The third-order valence-electron chi connectivity index (χ3n) is 2.71. The van der Waals surface area contributed by atoms with Crippen LogP contribution in [0.2, 0.25) is 0 Å². The van der Waals surface area contributed by atoms with E-state index in [1.54, 1.807) is 32.2 Å². The van der Waals surface area contributed by atoms with Crippen molar-refractivity contribution in [2.24, 2.45) is 5.73 Å². The molecule has 0 fully saturated rings. The summed E-state index contributed by atoms with van der Waals surface area (Å²) in [7, 11) is -0.0710. The molecule has 1 atom stereocenters. The predicted octanol–water partition coefficient (Wildman–Crippen LogP) is 1.14. The van der Waals surface area contributed by atoms with Gasteiger partial charge in [0, 0.05) is 17.4 Å². The van der Waals surface area contributed by atoms with Crippen LogP contribution < -0.4 is 15.2 Å². The van der Waals surface area contributed by atoms with Gasteiger partial charge in [0.15, 0.2) is 9.84 Å². The number of benzene rings is 1. The van der Waals surface area contributed by atoms with E-state index in [0.29, 0.717) is 17.1 Å². The van der Waals surface area contributed by atoms with E-state index >= 15 is 0 Å². The third kappa shape index (κ3) is 3.61. The number of nitrogens with two attached hydrogens (primary N) is 1. The van der Waals surface area contributed by atoms with Crippen molar-refractivity contribution >= 4 is 9.84 Å². The molecule has 5 nitrogen and oxygen atoms in total. The average molecular weight is 273 g/mol. The van der Waals surface area contributed by atoms with E-state index in [1.165, 1.54) is 7.11 Å². The molecule has 0 heterocycles. The Kier molecular flexibility index (Phi) is 4.98. The van der Waals surface area contributed by atoms with Crippen LogP contribution in [-0.2, 0) is 9.84 Å². The Hall–Kier alpha value is -1.27. The molecule has 0 aliphatic rings. The summed E-state index contributed by atoms with van der Waals surface area (Å²) in [5, 5.41) is 0. The maximum absolute atomic E-state index is 11.6. The first-order chi connectivity index (χ1) is 8.43. The van der Waals surface area contributed by atoms with Gasteiger partial charge in [0.1, 0.15) is 11.5 Å². The molecule has 1 aromatic rings. The van der Waals surface area contributed by atoms with Crippen LogP contribution in [0.25, 0.3) is 0 Å². The van der Waals surface area contributed by atoms with E-state index in [9.17, 15) is 8.42 Å². The molecule has 18 heavy (non-hydrogen) atoms. The van der Waals surface area contributed by atoms with Crippen LogP contribution in [0.3, 0.4) is 0 Å². The maximum atomic E-state index is 11.6. The first kappa shape index (κ1) is 14.8. The van der Waals surface area contributed by atoms with E-state index < -0.39 is 15.9 Å². The highest BCUT2D eigenvalue weighted by molar-refractivity contribution is 7.91. The van der Waals surface area contributed by atoms with Crippen LogP contribution >= 0.6 is 0 Å². The van der Waals surface area contributed by atoms with Crippen LogP contribution in [0.4, 0.5) is 0 Å². The van der Waals surface area contributed by atoms with Crippen molar-refractivity contribution in [3.05, 3.63) is 23.8 Å². The monoisotopic (exact) mass is 273 g/mol. The summed E-state index contributed by atoms with van der Waals surface area (Å²) in [5.41, 5.74) is 6.58. The Morgan fingerprint density at radius 2 is 1.94 bits per heavy atom. The van der Waals surface area contributed by atoms with Crippen LogP contribution in [0.15, 0.2) is 18.2 Å². The lowest BCUT2D eigenvalue weighted by atomic mass is 10.1. The van der Waals surface area contributed by atoms with Crippen molar-refractivity contribution in [1.29, 1.82) is 0 Å². The van der Waals surface area contributed by atoms with Gasteiger partial charge in [-0.1, -0.05) is 6.92 Å². The van der Waals surface area contributed by atoms with E-state index in [4.69, 9.17) is 15.2 Å². The first-order valence-electron chi connectivity index (χ1n) is 5.61. The van der Waals surface area contributed by atoms with Crippen molar-refractivity contribution in [3.63, 3.8) is 0 Å². The smallest absolute Gasteiger partial charge is 0.151 e. The molecule has 6 heteroatoms. The summed E-state index contributed by atoms with van der Waals surface area (Å²) in [5.74, 6) is 1.16. The van der Waals surface area contributed by atoms with Crippen LogP contribution in [0.5, 0.6) is 11.5 Å². The maximum Gasteiger partial charge on any atom is 0.151 e. The fourth-order valence-electron chi connectivity index (χ4n) is 1.61. The van der Waals surface area contributed by atoms with Crippen molar-refractivity contribution < 1.29 is 17.9 Å². The Labute approximate surface area is 108 Å². The molecule has 102 valence electrons. The van der Waals surface area contributed by atoms with Gasteiger partial charge in [-0.15, -0.1) is 0 Å². The second kappa shape index (κ2) is 6.06. The first-order valence-corrected chi connectivity index (χ1v) is 7.43. The van der Waals surface area contributed by atoms with Crippen molar-refractivity contribution in [2.75, 3.05) is 25.7 Å². The number of rotatable bonds is 6. The normalized spacial score (nSPS) is 13.1. The molecule has 0 amide bonds. The summed E-state index contributed by atoms with van der Waals surface area (Å²) >= 11 is 0. The van der Waals surface area contributed by atoms with Crippen molar-refractivity contribution in [1.82, 2.24) is 0 Å². The van der Waals surface area contributed by atoms with Crippen LogP contribution in [0, 0.1) is 0 Å². The van der Waals surface area contributed by atoms with Gasteiger partial charge in [-0.05, 0) is 18.2 Å². The van der Waals surface area contributed by atoms with Crippen LogP contribution in [0.1, 0.15) is 18.5 Å². The number of sulfone groups is 1. The highest BCUT2D eigenvalue weighted by atomic mass is 32.2. The zero-order valence-corrected chi connectivity index (χ0v) is 11.7. The van der Waals surface area contributed by atoms with Crippen molar-refractivity contribution in [3.8, 4) is 11.5 Å².